The second-order valence-electron chi connectivity index (χ2n) is 4.64. The quantitative estimate of drug-likeness (QED) is 0.662. The SMILES string of the molecule is CC1(C)OCC(COc2cccc([N+](=O)[O-])c2O)O1. The van der Waals surface area contributed by atoms with Crippen molar-refractivity contribution in [3.8, 4) is 11.5 Å². The van der Waals surface area contributed by atoms with Crippen LogP contribution in [0.4, 0.5) is 5.69 Å². The molecular formula is C12H15NO6. The van der Waals surface area contributed by atoms with Gasteiger partial charge in [-0.3, -0.25) is 10.1 Å². The van der Waals surface area contributed by atoms with E-state index in [0.29, 0.717) is 6.61 Å². The van der Waals surface area contributed by atoms with Crippen molar-refractivity contribution in [2.24, 2.45) is 0 Å². The molecule has 1 unspecified atom stereocenters. The molecule has 2 rings (SSSR count). The van der Waals surface area contributed by atoms with Crippen molar-refractivity contribution in [3.63, 3.8) is 0 Å². The van der Waals surface area contributed by atoms with Gasteiger partial charge < -0.3 is 19.3 Å². The van der Waals surface area contributed by atoms with E-state index in [1.807, 2.05) is 0 Å². The number of rotatable bonds is 4. The number of ether oxygens (including phenoxy) is 3. The standard InChI is InChI=1S/C12H15NO6/c1-12(2)18-7-8(19-12)6-17-10-5-3-4-9(11(10)14)13(15)16/h3-5,8,14H,6-7H2,1-2H3. The Morgan fingerprint density at radius 1 is 1.58 bits per heavy atom. The summed E-state index contributed by atoms with van der Waals surface area (Å²) in [6, 6.07) is 4.12. The molecule has 104 valence electrons. The first-order valence-electron chi connectivity index (χ1n) is 5.80. The molecule has 1 aromatic carbocycles. The van der Waals surface area contributed by atoms with Gasteiger partial charge in [0.2, 0.25) is 5.75 Å². The summed E-state index contributed by atoms with van der Waals surface area (Å²) in [6.45, 7) is 4.11. The minimum atomic E-state index is -0.666. The second kappa shape index (κ2) is 5.02. The third kappa shape index (κ3) is 3.12. The molecule has 0 amide bonds. The van der Waals surface area contributed by atoms with E-state index in [2.05, 4.69) is 0 Å². The molecule has 1 fully saturated rings. The number of nitrogens with zero attached hydrogens (tertiary/aromatic N) is 1. The van der Waals surface area contributed by atoms with Crippen molar-refractivity contribution in [2.75, 3.05) is 13.2 Å². The predicted octanol–water partition coefficient (Wildman–Crippen LogP) is 1.83. The van der Waals surface area contributed by atoms with Gasteiger partial charge in [-0.1, -0.05) is 6.07 Å². The maximum Gasteiger partial charge on any atom is 0.314 e. The van der Waals surface area contributed by atoms with E-state index in [1.54, 1.807) is 13.8 Å². The van der Waals surface area contributed by atoms with Crippen LogP contribution in [0, 0.1) is 10.1 Å². The number of nitro groups is 1. The number of aromatic hydroxyl groups is 1. The molecule has 1 atom stereocenters. The lowest BCUT2D eigenvalue weighted by Gasteiger charge is -2.17. The molecule has 7 nitrogen and oxygen atoms in total. The Hall–Kier alpha value is -1.86. The van der Waals surface area contributed by atoms with Gasteiger partial charge in [-0.05, 0) is 19.9 Å². The molecule has 0 saturated carbocycles. The number of hydrogen-bond acceptors (Lipinski definition) is 6. The average Bonchev–Trinajstić information content (AvgIpc) is 2.67. The number of benzene rings is 1. The van der Waals surface area contributed by atoms with Gasteiger partial charge in [0.25, 0.3) is 0 Å². The second-order valence-corrected chi connectivity index (χ2v) is 4.64. The largest absolute Gasteiger partial charge is 0.500 e. The molecule has 1 saturated heterocycles. The highest BCUT2D eigenvalue weighted by Crippen LogP contribution is 2.35. The number of phenols is 1. The van der Waals surface area contributed by atoms with E-state index in [9.17, 15) is 15.2 Å². The maximum atomic E-state index is 10.7. The van der Waals surface area contributed by atoms with Crippen LogP contribution in [0.3, 0.4) is 0 Å². The van der Waals surface area contributed by atoms with Crippen molar-refractivity contribution in [1.29, 1.82) is 0 Å². The lowest BCUT2D eigenvalue weighted by Crippen LogP contribution is -2.25. The van der Waals surface area contributed by atoms with Gasteiger partial charge in [0, 0.05) is 6.07 Å². The Morgan fingerprint density at radius 2 is 2.32 bits per heavy atom. The van der Waals surface area contributed by atoms with Crippen molar-refractivity contribution < 1.29 is 24.2 Å². The Morgan fingerprint density at radius 3 is 2.89 bits per heavy atom. The molecule has 1 aromatic rings. The molecule has 1 aliphatic rings. The van der Waals surface area contributed by atoms with E-state index < -0.39 is 16.5 Å². The van der Waals surface area contributed by atoms with Crippen LogP contribution in [-0.2, 0) is 9.47 Å². The Balaban J connectivity index is 2.01. The summed E-state index contributed by atoms with van der Waals surface area (Å²) in [5, 5.41) is 20.4. The highest BCUT2D eigenvalue weighted by Gasteiger charge is 2.33. The normalized spacial score (nSPS) is 21.3. The molecule has 19 heavy (non-hydrogen) atoms. The fourth-order valence-electron chi connectivity index (χ4n) is 1.80. The summed E-state index contributed by atoms with van der Waals surface area (Å²) < 4.78 is 16.2. The molecule has 0 bridgehead atoms. The number of para-hydroxylation sites is 1. The Labute approximate surface area is 109 Å². The highest BCUT2D eigenvalue weighted by molar-refractivity contribution is 5.54. The summed E-state index contributed by atoms with van der Waals surface area (Å²) >= 11 is 0. The zero-order chi connectivity index (χ0) is 14.0. The molecule has 1 N–H and O–H groups in total. The molecule has 0 radical (unpaired) electrons. The Bertz CT molecular complexity index is 487. The lowest BCUT2D eigenvalue weighted by atomic mass is 10.3. The third-order valence-corrected chi connectivity index (χ3v) is 2.67. The van der Waals surface area contributed by atoms with Gasteiger partial charge in [-0.2, -0.15) is 0 Å². The van der Waals surface area contributed by atoms with Crippen LogP contribution < -0.4 is 4.74 Å². The van der Waals surface area contributed by atoms with E-state index in [0.717, 1.165) is 0 Å². The van der Waals surface area contributed by atoms with Crippen LogP contribution in [0.2, 0.25) is 0 Å². The zero-order valence-electron chi connectivity index (χ0n) is 10.7. The first-order valence-corrected chi connectivity index (χ1v) is 5.80. The number of nitro benzene ring substituents is 1. The van der Waals surface area contributed by atoms with Gasteiger partial charge >= 0.3 is 5.69 Å². The molecule has 1 heterocycles. The van der Waals surface area contributed by atoms with E-state index in [1.165, 1.54) is 18.2 Å². The lowest BCUT2D eigenvalue weighted by molar-refractivity contribution is -0.386. The van der Waals surface area contributed by atoms with Crippen molar-refractivity contribution >= 4 is 5.69 Å². The summed E-state index contributed by atoms with van der Waals surface area (Å²) in [5.41, 5.74) is -0.388. The van der Waals surface area contributed by atoms with Crippen LogP contribution in [0.15, 0.2) is 18.2 Å². The smallest absolute Gasteiger partial charge is 0.314 e. The monoisotopic (exact) mass is 269 g/mol. The summed E-state index contributed by atoms with van der Waals surface area (Å²) in [4.78, 5) is 10.00. The van der Waals surface area contributed by atoms with Crippen LogP contribution in [-0.4, -0.2) is 35.1 Å². The fraction of sp³-hybridized carbons (Fsp3) is 0.500. The molecule has 1 aliphatic heterocycles. The first kappa shape index (κ1) is 13.6. The van der Waals surface area contributed by atoms with Crippen molar-refractivity contribution in [1.82, 2.24) is 0 Å². The topological polar surface area (TPSA) is 91.1 Å². The molecular weight excluding hydrogens is 254 g/mol. The van der Waals surface area contributed by atoms with E-state index >= 15 is 0 Å². The van der Waals surface area contributed by atoms with Gasteiger partial charge in [0.15, 0.2) is 11.5 Å². The minimum absolute atomic E-state index is 0.0579. The predicted molar refractivity (Wildman–Crippen MR) is 65.2 cm³/mol. The highest BCUT2D eigenvalue weighted by atomic mass is 16.7. The first-order chi connectivity index (χ1) is 8.89. The average molecular weight is 269 g/mol. The van der Waals surface area contributed by atoms with Crippen LogP contribution >= 0.6 is 0 Å². The molecule has 0 aromatic heterocycles. The zero-order valence-corrected chi connectivity index (χ0v) is 10.7. The van der Waals surface area contributed by atoms with Gasteiger partial charge in [0.05, 0.1) is 11.5 Å². The summed E-state index contributed by atoms with van der Waals surface area (Å²) in [7, 11) is 0. The van der Waals surface area contributed by atoms with Crippen LogP contribution in [0.25, 0.3) is 0 Å². The van der Waals surface area contributed by atoms with Crippen molar-refractivity contribution in [2.45, 2.75) is 25.7 Å². The molecule has 0 aliphatic carbocycles. The number of hydrogen-bond donors (Lipinski definition) is 1. The van der Waals surface area contributed by atoms with E-state index in [-0.39, 0.29) is 24.1 Å². The molecule has 7 heteroatoms. The summed E-state index contributed by atoms with van der Waals surface area (Å²) in [5.74, 6) is -1.08. The van der Waals surface area contributed by atoms with Gasteiger partial charge in [-0.15, -0.1) is 0 Å². The van der Waals surface area contributed by atoms with E-state index in [4.69, 9.17) is 14.2 Å². The van der Waals surface area contributed by atoms with Crippen molar-refractivity contribution in [3.05, 3.63) is 28.3 Å². The number of phenolic OH excluding ortho intramolecular Hbond substituents is 1. The third-order valence-electron chi connectivity index (χ3n) is 2.67. The minimum Gasteiger partial charge on any atom is -0.500 e. The van der Waals surface area contributed by atoms with Crippen LogP contribution in [0.1, 0.15) is 13.8 Å². The van der Waals surface area contributed by atoms with Crippen LogP contribution in [0.5, 0.6) is 11.5 Å². The maximum absolute atomic E-state index is 10.7. The van der Waals surface area contributed by atoms with Gasteiger partial charge in [-0.25, -0.2) is 0 Å². The summed E-state index contributed by atoms with van der Waals surface area (Å²) in [6.07, 6.45) is -0.270. The Kier molecular flexibility index (Phi) is 3.59. The van der Waals surface area contributed by atoms with Gasteiger partial charge in [0.1, 0.15) is 12.7 Å². The fourth-order valence-corrected chi connectivity index (χ4v) is 1.80. The molecule has 0 spiro atoms.